The fraction of sp³-hybridized carbons (Fsp3) is 0.136. The summed E-state index contributed by atoms with van der Waals surface area (Å²) in [5, 5.41) is 5.88. The molecule has 0 aliphatic rings. The van der Waals surface area contributed by atoms with Gasteiger partial charge in [-0.1, -0.05) is 59.8 Å². The number of rotatable bonds is 5. The molecule has 0 bridgehead atoms. The van der Waals surface area contributed by atoms with Crippen LogP contribution >= 0.6 is 23.1 Å². The van der Waals surface area contributed by atoms with Crippen LogP contribution in [0.3, 0.4) is 0 Å². The Morgan fingerprint density at radius 3 is 2.66 bits per heavy atom. The van der Waals surface area contributed by atoms with E-state index >= 15 is 0 Å². The topological polar surface area (TPSA) is 74.8 Å². The predicted molar refractivity (Wildman–Crippen MR) is 121 cm³/mol. The molecule has 0 aliphatic carbocycles. The summed E-state index contributed by atoms with van der Waals surface area (Å²) >= 11 is 2.65. The minimum absolute atomic E-state index is 0.140. The first-order chi connectivity index (χ1) is 14.0. The highest BCUT2D eigenvalue weighted by atomic mass is 32.2. The zero-order valence-electron chi connectivity index (χ0n) is 16.0. The van der Waals surface area contributed by atoms with E-state index in [1.165, 1.54) is 28.7 Å². The number of nitrogens with zero attached hydrogens (tertiary/aromatic N) is 1. The van der Waals surface area contributed by atoms with Crippen LogP contribution in [-0.4, -0.2) is 21.6 Å². The number of amides is 1. The highest BCUT2D eigenvalue weighted by Crippen LogP contribution is 2.31. The van der Waals surface area contributed by atoms with Crippen LogP contribution in [0.4, 0.5) is 5.69 Å². The van der Waals surface area contributed by atoms with Crippen LogP contribution in [0.5, 0.6) is 0 Å². The summed E-state index contributed by atoms with van der Waals surface area (Å²) in [6, 6.07) is 15.7. The normalized spacial score (nSPS) is 11.0. The number of carbonyl (C=O) groups excluding carboxylic acids is 1. The lowest BCUT2D eigenvalue weighted by atomic mass is 10.1. The quantitative estimate of drug-likeness (QED) is 0.351. The molecule has 0 saturated heterocycles. The summed E-state index contributed by atoms with van der Waals surface area (Å²) in [4.78, 5) is 33.0. The van der Waals surface area contributed by atoms with Gasteiger partial charge in [-0.15, -0.1) is 11.3 Å². The van der Waals surface area contributed by atoms with Crippen molar-refractivity contribution in [1.82, 2.24) is 9.97 Å². The zero-order chi connectivity index (χ0) is 20.4. The SMILES string of the molecule is Cc1ccc(-c2csc3nc(SCC(=O)Nc4ccccc4C)[nH]c(=O)c23)cc1. The van der Waals surface area contributed by atoms with E-state index < -0.39 is 0 Å². The van der Waals surface area contributed by atoms with Crippen molar-refractivity contribution in [2.24, 2.45) is 0 Å². The number of aromatic nitrogens is 2. The molecule has 2 aromatic carbocycles. The number of fused-ring (bicyclic) bond motifs is 1. The summed E-state index contributed by atoms with van der Waals surface area (Å²) in [5.74, 6) is 0.0254. The van der Waals surface area contributed by atoms with Crippen molar-refractivity contribution in [1.29, 1.82) is 0 Å². The molecule has 1 amide bonds. The lowest BCUT2D eigenvalue weighted by Gasteiger charge is -2.07. The largest absolute Gasteiger partial charge is 0.325 e. The van der Waals surface area contributed by atoms with Gasteiger partial charge in [0.05, 0.1) is 11.1 Å². The van der Waals surface area contributed by atoms with Crippen LogP contribution < -0.4 is 10.9 Å². The van der Waals surface area contributed by atoms with Crippen LogP contribution in [0.25, 0.3) is 21.3 Å². The molecular formula is C22H19N3O2S2. The van der Waals surface area contributed by atoms with Crippen LogP contribution in [0.15, 0.2) is 63.9 Å². The standard InChI is InChI=1S/C22H19N3O2S2/c1-13-7-9-15(10-8-13)16-11-28-21-19(16)20(27)24-22(25-21)29-12-18(26)23-17-6-4-3-5-14(17)2/h3-11H,12H2,1-2H3,(H,23,26)(H,24,25,27). The second kappa shape index (κ2) is 8.23. The molecule has 2 heterocycles. The number of nitrogens with one attached hydrogen (secondary N) is 2. The number of thioether (sulfide) groups is 1. The van der Waals surface area contributed by atoms with E-state index in [0.29, 0.717) is 15.4 Å². The number of thiophene rings is 1. The number of hydrogen-bond acceptors (Lipinski definition) is 5. The fourth-order valence-corrected chi connectivity index (χ4v) is 4.64. The smallest absolute Gasteiger partial charge is 0.260 e. The van der Waals surface area contributed by atoms with Crippen LogP contribution in [-0.2, 0) is 4.79 Å². The molecule has 0 atom stereocenters. The van der Waals surface area contributed by atoms with Gasteiger partial charge in [0.15, 0.2) is 5.16 Å². The summed E-state index contributed by atoms with van der Waals surface area (Å²) in [6.45, 7) is 3.97. The second-order valence-electron chi connectivity index (χ2n) is 6.72. The average molecular weight is 422 g/mol. The number of aryl methyl sites for hydroxylation is 2. The second-order valence-corrected chi connectivity index (χ2v) is 8.54. The van der Waals surface area contributed by atoms with Crippen molar-refractivity contribution < 1.29 is 4.79 Å². The van der Waals surface area contributed by atoms with Gasteiger partial charge in [-0.3, -0.25) is 9.59 Å². The first-order valence-corrected chi connectivity index (χ1v) is 10.9. The molecule has 0 aliphatic heterocycles. The lowest BCUT2D eigenvalue weighted by Crippen LogP contribution is -2.16. The highest BCUT2D eigenvalue weighted by molar-refractivity contribution is 7.99. The van der Waals surface area contributed by atoms with Crippen molar-refractivity contribution in [2.75, 3.05) is 11.1 Å². The van der Waals surface area contributed by atoms with E-state index in [-0.39, 0.29) is 17.2 Å². The minimum atomic E-state index is -0.186. The van der Waals surface area contributed by atoms with Crippen molar-refractivity contribution in [2.45, 2.75) is 19.0 Å². The maximum absolute atomic E-state index is 12.7. The van der Waals surface area contributed by atoms with Gasteiger partial charge in [0.2, 0.25) is 5.91 Å². The molecule has 4 rings (SSSR count). The molecule has 2 aromatic heterocycles. The summed E-state index contributed by atoms with van der Waals surface area (Å²) in [6.07, 6.45) is 0. The van der Waals surface area contributed by atoms with E-state index in [1.54, 1.807) is 0 Å². The molecule has 0 unspecified atom stereocenters. The molecule has 0 saturated carbocycles. The Labute approximate surface area is 176 Å². The van der Waals surface area contributed by atoms with Crippen molar-refractivity contribution in [3.05, 3.63) is 75.4 Å². The van der Waals surface area contributed by atoms with E-state index in [1.807, 2.05) is 67.8 Å². The summed E-state index contributed by atoms with van der Waals surface area (Å²) in [5.41, 5.74) is 4.65. The minimum Gasteiger partial charge on any atom is -0.325 e. The van der Waals surface area contributed by atoms with E-state index in [2.05, 4.69) is 15.3 Å². The van der Waals surface area contributed by atoms with Gasteiger partial charge in [0.25, 0.3) is 5.56 Å². The Morgan fingerprint density at radius 1 is 1.14 bits per heavy atom. The van der Waals surface area contributed by atoms with Crippen molar-refractivity contribution in [3.63, 3.8) is 0 Å². The number of carbonyl (C=O) groups is 1. The van der Waals surface area contributed by atoms with E-state index in [9.17, 15) is 9.59 Å². The highest BCUT2D eigenvalue weighted by Gasteiger charge is 2.14. The zero-order valence-corrected chi connectivity index (χ0v) is 17.6. The first-order valence-electron chi connectivity index (χ1n) is 9.08. The third-order valence-electron chi connectivity index (χ3n) is 4.54. The van der Waals surface area contributed by atoms with E-state index in [4.69, 9.17) is 0 Å². The molecule has 5 nitrogen and oxygen atoms in total. The van der Waals surface area contributed by atoms with Crippen LogP contribution in [0.1, 0.15) is 11.1 Å². The van der Waals surface area contributed by atoms with Gasteiger partial charge in [-0.25, -0.2) is 4.98 Å². The summed E-state index contributed by atoms with van der Waals surface area (Å²) in [7, 11) is 0. The van der Waals surface area contributed by atoms with Crippen LogP contribution in [0, 0.1) is 13.8 Å². The Bertz CT molecular complexity index is 1240. The van der Waals surface area contributed by atoms with Gasteiger partial charge in [0.1, 0.15) is 4.83 Å². The Morgan fingerprint density at radius 2 is 1.90 bits per heavy atom. The Kier molecular flexibility index (Phi) is 5.51. The van der Waals surface area contributed by atoms with Gasteiger partial charge in [0, 0.05) is 16.6 Å². The molecule has 7 heteroatoms. The third-order valence-corrected chi connectivity index (χ3v) is 6.29. The number of para-hydroxylation sites is 1. The van der Waals surface area contributed by atoms with Crippen LogP contribution in [0.2, 0.25) is 0 Å². The Balaban J connectivity index is 1.52. The molecule has 0 spiro atoms. The molecule has 2 N–H and O–H groups in total. The maximum Gasteiger partial charge on any atom is 0.260 e. The third kappa shape index (κ3) is 4.26. The van der Waals surface area contributed by atoms with Gasteiger partial charge in [-0.2, -0.15) is 0 Å². The predicted octanol–water partition coefficient (Wildman–Crippen LogP) is 5.00. The van der Waals surface area contributed by atoms with Crippen molar-refractivity contribution in [3.8, 4) is 11.1 Å². The summed E-state index contributed by atoms with van der Waals surface area (Å²) < 4.78 is 0. The number of anilines is 1. The fourth-order valence-electron chi connectivity index (χ4n) is 2.98. The lowest BCUT2D eigenvalue weighted by molar-refractivity contribution is -0.113. The molecule has 0 radical (unpaired) electrons. The average Bonchev–Trinajstić information content (AvgIpc) is 3.13. The van der Waals surface area contributed by atoms with Gasteiger partial charge >= 0.3 is 0 Å². The van der Waals surface area contributed by atoms with Crippen molar-refractivity contribution >= 4 is 44.9 Å². The molecule has 29 heavy (non-hydrogen) atoms. The number of aromatic amines is 1. The molecule has 0 fully saturated rings. The number of hydrogen-bond donors (Lipinski definition) is 2. The number of H-pyrrole nitrogens is 1. The Hall–Kier alpha value is -2.90. The molecule has 146 valence electrons. The maximum atomic E-state index is 12.7. The van der Waals surface area contributed by atoms with Gasteiger partial charge < -0.3 is 10.3 Å². The number of benzene rings is 2. The van der Waals surface area contributed by atoms with E-state index in [0.717, 1.165) is 22.4 Å². The first kappa shape index (κ1) is 19.4. The molecular weight excluding hydrogens is 402 g/mol. The van der Waals surface area contributed by atoms with Gasteiger partial charge in [-0.05, 0) is 31.0 Å². The monoisotopic (exact) mass is 421 g/mol. The molecule has 4 aromatic rings.